The Hall–Kier alpha value is -2.18. The van der Waals surface area contributed by atoms with Crippen LogP contribution in [0.1, 0.15) is 12.0 Å². The molecule has 0 amide bonds. The fourth-order valence-corrected chi connectivity index (χ4v) is 5.75. The number of rotatable bonds is 8. The molecule has 27 heavy (non-hydrogen) atoms. The molecule has 5 nitrogen and oxygen atoms in total. The first-order valence-electron chi connectivity index (χ1n) is 9.05. The van der Waals surface area contributed by atoms with Gasteiger partial charge in [0.1, 0.15) is 6.61 Å². The van der Waals surface area contributed by atoms with E-state index in [1.165, 1.54) is 10.4 Å². The van der Waals surface area contributed by atoms with Crippen molar-refractivity contribution in [3.63, 3.8) is 0 Å². The Kier molecular flexibility index (Phi) is 5.67. The monoisotopic (exact) mass is 387 g/mol. The molecule has 0 spiro atoms. The van der Waals surface area contributed by atoms with Crippen LogP contribution >= 0.6 is 0 Å². The fraction of sp³-hybridized carbons (Fsp3) is 0.381. The van der Waals surface area contributed by atoms with Gasteiger partial charge in [-0.15, -0.1) is 6.58 Å². The van der Waals surface area contributed by atoms with Crippen LogP contribution in [0.25, 0.3) is 0 Å². The van der Waals surface area contributed by atoms with E-state index in [0.717, 1.165) is 12.0 Å². The fourth-order valence-electron chi connectivity index (χ4n) is 4.09. The maximum Gasteiger partial charge on any atom is 0.311 e. The summed E-state index contributed by atoms with van der Waals surface area (Å²) in [7, 11) is -3.77. The van der Waals surface area contributed by atoms with Gasteiger partial charge in [0, 0.05) is 12.6 Å². The first-order chi connectivity index (χ1) is 12.9. The van der Waals surface area contributed by atoms with Gasteiger partial charge in [-0.25, -0.2) is 8.42 Å². The van der Waals surface area contributed by atoms with Crippen LogP contribution in [0.5, 0.6) is 0 Å². The average molecular weight is 388 g/mol. The van der Waals surface area contributed by atoms with Gasteiger partial charge in [0.05, 0.1) is 10.8 Å². The summed E-state index contributed by atoms with van der Waals surface area (Å²) in [5.74, 6) is -0.889. The molecule has 1 aromatic carbocycles. The predicted molar refractivity (Wildman–Crippen MR) is 104 cm³/mol. The Morgan fingerprint density at radius 1 is 1.19 bits per heavy atom. The third-order valence-electron chi connectivity index (χ3n) is 5.30. The number of nitrogens with zero attached hydrogens (tertiary/aromatic N) is 1. The van der Waals surface area contributed by atoms with Gasteiger partial charge in [-0.05, 0) is 37.3 Å². The Morgan fingerprint density at radius 3 is 2.48 bits per heavy atom. The minimum Gasteiger partial charge on any atom is -0.461 e. The molecule has 2 aliphatic rings. The van der Waals surface area contributed by atoms with Crippen LogP contribution in [-0.4, -0.2) is 37.9 Å². The summed E-state index contributed by atoms with van der Waals surface area (Å²) in [4.78, 5) is 12.9. The highest BCUT2D eigenvalue weighted by molar-refractivity contribution is 7.89. The van der Waals surface area contributed by atoms with Crippen LogP contribution in [0, 0.1) is 24.7 Å². The lowest BCUT2D eigenvalue weighted by molar-refractivity contribution is -0.149. The van der Waals surface area contributed by atoms with Crippen molar-refractivity contribution in [2.45, 2.75) is 24.3 Å². The van der Waals surface area contributed by atoms with Gasteiger partial charge >= 0.3 is 5.97 Å². The molecule has 2 bridgehead atoms. The number of carbonyl (C=O) groups excluding carboxylic acids is 1. The van der Waals surface area contributed by atoms with Crippen LogP contribution in [0.2, 0.25) is 0 Å². The third-order valence-corrected chi connectivity index (χ3v) is 7.18. The standard InChI is InChI=1S/C21H25NO4S/c1-4-12-22(27(24,25)18-10-6-15(3)7-11-18)20-17-9-8-16(14-17)19(20)21(23)26-13-5-2/h4-11,16-17,19-20H,1-2,12-14H2,3H3. The summed E-state index contributed by atoms with van der Waals surface area (Å²) >= 11 is 0. The molecule has 6 heteroatoms. The molecule has 2 aliphatic carbocycles. The molecule has 1 saturated carbocycles. The van der Waals surface area contributed by atoms with Crippen molar-refractivity contribution in [2.24, 2.45) is 17.8 Å². The molecule has 0 radical (unpaired) electrons. The second kappa shape index (κ2) is 7.82. The van der Waals surface area contributed by atoms with E-state index >= 15 is 0 Å². The molecule has 0 aliphatic heterocycles. The van der Waals surface area contributed by atoms with Crippen molar-refractivity contribution in [1.29, 1.82) is 0 Å². The van der Waals surface area contributed by atoms with E-state index in [0.29, 0.717) is 0 Å². The van der Waals surface area contributed by atoms with Crippen molar-refractivity contribution in [2.75, 3.05) is 13.2 Å². The van der Waals surface area contributed by atoms with E-state index in [9.17, 15) is 13.2 Å². The molecule has 4 unspecified atom stereocenters. The van der Waals surface area contributed by atoms with Crippen LogP contribution in [0.15, 0.2) is 66.6 Å². The highest BCUT2D eigenvalue weighted by Gasteiger charge is 2.53. The molecule has 0 heterocycles. The number of esters is 1. The van der Waals surface area contributed by atoms with E-state index in [2.05, 4.69) is 13.2 Å². The van der Waals surface area contributed by atoms with E-state index in [1.54, 1.807) is 30.3 Å². The van der Waals surface area contributed by atoms with Crippen molar-refractivity contribution < 1.29 is 17.9 Å². The molecule has 0 saturated heterocycles. The number of ether oxygens (including phenoxy) is 1. The average Bonchev–Trinajstić information content (AvgIpc) is 3.25. The molecule has 0 aromatic heterocycles. The number of hydrogen-bond donors (Lipinski definition) is 0. The lowest BCUT2D eigenvalue weighted by Gasteiger charge is -2.35. The number of fused-ring (bicyclic) bond motifs is 2. The molecule has 0 N–H and O–H groups in total. The van der Waals surface area contributed by atoms with Gasteiger partial charge in [0.25, 0.3) is 0 Å². The summed E-state index contributed by atoms with van der Waals surface area (Å²) in [6, 6.07) is 6.29. The van der Waals surface area contributed by atoms with Crippen molar-refractivity contribution in [3.8, 4) is 0 Å². The van der Waals surface area contributed by atoms with Crippen molar-refractivity contribution in [3.05, 3.63) is 67.3 Å². The molecule has 1 aromatic rings. The molecular weight excluding hydrogens is 362 g/mol. The maximum atomic E-state index is 13.4. The lowest BCUT2D eigenvalue weighted by Crippen LogP contribution is -2.49. The van der Waals surface area contributed by atoms with Gasteiger partial charge in [-0.3, -0.25) is 4.79 Å². The minimum absolute atomic E-state index is 0.00199. The normalized spacial score (nSPS) is 26.3. The first kappa shape index (κ1) is 19.6. The zero-order valence-corrected chi connectivity index (χ0v) is 16.3. The van der Waals surface area contributed by atoms with Gasteiger partial charge in [0.15, 0.2) is 0 Å². The van der Waals surface area contributed by atoms with Gasteiger partial charge in [-0.2, -0.15) is 4.31 Å². The summed E-state index contributed by atoms with van der Waals surface area (Å²) in [6.45, 7) is 9.46. The summed E-state index contributed by atoms with van der Waals surface area (Å²) in [5, 5.41) is 0. The van der Waals surface area contributed by atoms with Crippen LogP contribution in [0.3, 0.4) is 0 Å². The number of hydrogen-bond acceptors (Lipinski definition) is 4. The number of benzene rings is 1. The second-order valence-electron chi connectivity index (χ2n) is 7.06. The molecule has 4 atom stereocenters. The van der Waals surface area contributed by atoms with Crippen molar-refractivity contribution >= 4 is 16.0 Å². The molecule has 3 rings (SSSR count). The summed E-state index contributed by atoms with van der Waals surface area (Å²) < 4.78 is 33.4. The Balaban J connectivity index is 1.98. The number of sulfonamides is 1. The zero-order valence-electron chi connectivity index (χ0n) is 15.5. The van der Waals surface area contributed by atoms with Gasteiger partial charge in [0.2, 0.25) is 10.0 Å². The van der Waals surface area contributed by atoms with Crippen LogP contribution in [0.4, 0.5) is 0 Å². The topological polar surface area (TPSA) is 63.7 Å². The van der Waals surface area contributed by atoms with Crippen LogP contribution < -0.4 is 0 Å². The highest BCUT2D eigenvalue weighted by atomic mass is 32.2. The van der Waals surface area contributed by atoms with E-state index in [1.807, 2.05) is 19.1 Å². The zero-order chi connectivity index (χ0) is 19.6. The lowest BCUT2D eigenvalue weighted by atomic mass is 9.89. The van der Waals surface area contributed by atoms with E-state index in [4.69, 9.17) is 4.74 Å². The van der Waals surface area contributed by atoms with Crippen LogP contribution in [-0.2, 0) is 19.6 Å². The van der Waals surface area contributed by atoms with E-state index < -0.39 is 22.0 Å². The van der Waals surface area contributed by atoms with E-state index in [-0.39, 0.29) is 35.9 Å². The Bertz CT molecular complexity index is 857. The summed E-state index contributed by atoms with van der Waals surface area (Å²) in [5.41, 5.74) is 0.984. The molecule has 144 valence electrons. The number of aryl methyl sites for hydroxylation is 1. The number of carbonyl (C=O) groups is 1. The minimum atomic E-state index is -3.77. The quantitative estimate of drug-likeness (QED) is 0.508. The Labute approximate surface area is 161 Å². The van der Waals surface area contributed by atoms with Crippen molar-refractivity contribution in [1.82, 2.24) is 4.31 Å². The highest BCUT2D eigenvalue weighted by Crippen LogP contribution is 2.47. The molecule has 1 fully saturated rings. The predicted octanol–water partition coefficient (Wildman–Crippen LogP) is 3.09. The SMILES string of the molecule is C=CCOC(=O)C1C2C=CC(C2)C1N(CC=C)S(=O)(=O)c1ccc(C)cc1. The maximum absolute atomic E-state index is 13.4. The smallest absolute Gasteiger partial charge is 0.311 e. The first-order valence-corrected chi connectivity index (χ1v) is 10.5. The van der Waals surface area contributed by atoms with Gasteiger partial charge < -0.3 is 4.74 Å². The number of allylic oxidation sites excluding steroid dienone is 1. The largest absolute Gasteiger partial charge is 0.461 e. The third kappa shape index (κ3) is 3.64. The Morgan fingerprint density at radius 2 is 1.85 bits per heavy atom. The second-order valence-corrected chi connectivity index (χ2v) is 8.95. The summed E-state index contributed by atoms with van der Waals surface area (Å²) in [6.07, 6.45) is 7.86. The molecular formula is C21H25NO4S. The van der Waals surface area contributed by atoms with Gasteiger partial charge in [-0.1, -0.05) is 48.6 Å².